The van der Waals surface area contributed by atoms with E-state index in [-0.39, 0.29) is 11.5 Å². The third-order valence-electron chi connectivity index (χ3n) is 3.96. The van der Waals surface area contributed by atoms with Crippen LogP contribution in [0.4, 0.5) is 0 Å². The Kier molecular flexibility index (Phi) is 6.97. The summed E-state index contributed by atoms with van der Waals surface area (Å²) >= 11 is 0. The Morgan fingerprint density at radius 1 is 0.792 bits per heavy atom. The second-order valence-electron chi connectivity index (χ2n) is 6.11. The van der Waals surface area contributed by atoms with Crippen LogP contribution < -0.4 is 0 Å². The van der Waals surface area contributed by atoms with Gasteiger partial charge in [-0.25, -0.2) is 15.0 Å². The first-order valence-electron chi connectivity index (χ1n) is 8.90. The van der Waals surface area contributed by atoms with Gasteiger partial charge in [0.1, 0.15) is 23.1 Å². The summed E-state index contributed by atoms with van der Waals surface area (Å²) in [5.41, 5.74) is 0.531. The van der Waals surface area contributed by atoms with Crippen LogP contribution in [0.2, 0.25) is 0 Å². The van der Waals surface area contributed by atoms with E-state index in [0.717, 1.165) is 63.0 Å². The minimum Gasteiger partial charge on any atom is -0.508 e. The standard InChI is InChI=1S/C19H27N3O2/c1-3-5-7-9-17-20-18(10-8-6-4-2)22-19(21-17)15-12-11-14(23)13-16(15)24/h11-13,23-24H,3-10H2,1-2H3. The molecule has 5 heteroatoms. The molecule has 24 heavy (non-hydrogen) atoms. The zero-order valence-corrected chi connectivity index (χ0v) is 14.6. The van der Waals surface area contributed by atoms with Crippen LogP contribution in [0.1, 0.15) is 64.0 Å². The molecule has 0 bridgehead atoms. The number of hydrogen-bond donors (Lipinski definition) is 2. The van der Waals surface area contributed by atoms with Gasteiger partial charge in [0.2, 0.25) is 0 Å². The SMILES string of the molecule is CCCCCc1nc(CCCCC)nc(-c2ccc(O)cc2O)n1. The third-order valence-corrected chi connectivity index (χ3v) is 3.96. The molecule has 2 aromatic rings. The Morgan fingerprint density at radius 2 is 1.38 bits per heavy atom. The molecule has 2 N–H and O–H groups in total. The third kappa shape index (κ3) is 5.18. The van der Waals surface area contributed by atoms with Crippen molar-refractivity contribution >= 4 is 0 Å². The van der Waals surface area contributed by atoms with E-state index >= 15 is 0 Å². The molecule has 0 aliphatic carbocycles. The van der Waals surface area contributed by atoms with Gasteiger partial charge < -0.3 is 10.2 Å². The molecule has 0 saturated heterocycles. The van der Waals surface area contributed by atoms with Crippen LogP contribution in [0.5, 0.6) is 11.5 Å². The maximum Gasteiger partial charge on any atom is 0.167 e. The molecule has 1 aromatic carbocycles. The Morgan fingerprint density at radius 3 is 1.88 bits per heavy atom. The fraction of sp³-hybridized carbons (Fsp3) is 0.526. The quantitative estimate of drug-likeness (QED) is 0.666. The van der Waals surface area contributed by atoms with Crippen molar-refractivity contribution in [2.75, 3.05) is 0 Å². The average Bonchev–Trinajstić information content (AvgIpc) is 2.55. The second kappa shape index (κ2) is 9.21. The predicted molar refractivity (Wildman–Crippen MR) is 95.1 cm³/mol. The minimum atomic E-state index is -0.0137. The van der Waals surface area contributed by atoms with Gasteiger partial charge in [0.25, 0.3) is 0 Å². The largest absolute Gasteiger partial charge is 0.508 e. The lowest BCUT2D eigenvalue weighted by atomic mass is 10.1. The molecule has 0 atom stereocenters. The molecule has 1 aromatic heterocycles. The van der Waals surface area contributed by atoms with Crippen LogP contribution in [0, 0.1) is 0 Å². The molecule has 0 aliphatic heterocycles. The zero-order valence-electron chi connectivity index (χ0n) is 14.6. The summed E-state index contributed by atoms with van der Waals surface area (Å²) in [7, 11) is 0. The molecule has 130 valence electrons. The van der Waals surface area contributed by atoms with E-state index in [4.69, 9.17) is 0 Å². The topological polar surface area (TPSA) is 79.1 Å². The molecule has 0 fully saturated rings. The van der Waals surface area contributed by atoms with Crippen molar-refractivity contribution in [1.29, 1.82) is 0 Å². The van der Waals surface area contributed by atoms with Crippen molar-refractivity contribution in [1.82, 2.24) is 15.0 Å². The summed E-state index contributed by atoms with van der Waals surface area (Å²) in [6, 6.07) is 4.49. The number of rotatable bonds is 9. The van der Waals surface area contributed by atoms with Gasteiger partial charge in [-0.1, -0.05) is 39.5 Å². The molecule has 0 unspecified atom stereocenters. The van der Waals surface area contributed by atoms with Gasteiger partial charge in [0.15, 0.2) is 5.82 Å². The second-order valence-corrected chi connectivity index (χ2v) is 6.11. The molecule has 1 heterocycles. The van der Waals surface area contributed by atoms with Crippen LogP contribution in [0.25, 0.3) is 11.4 Å². The number of phenolic OH excluding ortho intramolecular Hbond substituents is 2. The van der Waals surface area contributed by atoms with Crippen molar-refractivity contribution < 1.29 is 10.2 Å². The van der Waals surface area contributed by atoms with Crippen LogP contribution >= 0.6 is 0 Å². The Labute approximate surface area is 143 Å². The average molecular weight is 329 g/mol. The highest BCUT2D eigenvalue weighted by Gasteiger charge is 2.12. The van der Waals surface area contributed by atoms with E-state index in [1.54, 1.807) is 6.07 Å². The Bertz CT molecular complexity index is 631. The summed E-state index contributed by atoms with van der Waals surface area (Å²) in [5, 5.41) is 19.6. The van der Waals surface area contributed by atoms with Crippen LogP contribution in [-0.4, -0.2) is 25.2 Å². The van der Waals surface area contributed by atoms with Crippen molar-refractivity contribution in [3.63, 3.8) is 0 Å². The summed E-state index contributed by atoms with van der Waals surface area (Å²) in [6.07, 6.45) is 8.35. The van der Waals surface area contributed by atoms with Crippen molar-refractivity contribution in [3.05, 3.63) is 29.8 Å². The number of nitrogens with zero attached hydrogens (tertiary/aromatic N) is 3. The highest BCUT2D eigenvalue weighted by atomic mass is 16.3. The highest BCUT2D eigenvalue weighted by Crippen LogP contribution is 2.30. The van der Waals surface area contributed by atoms with E-state index in [0.29, 0.717) is 11.4 Å². The van der Waals surface area contributed by atoms with Crippen molar-refractivity contribution in [2.24, 2.45) is 0 Å². The first-order valence-corrected chi connectivity index (χ1v) is 8.90. The zero-order chi connectivity index (χ0) is 17.4. The summed E-state index contributed by atoms with van der Waals surface area (Å²) in [6.45, 7) is 4.34. The monoisotopic (exact) mass is 329 g/mol. The first-order chi connectivity index (χ1) is 11.6. The Balaban J connectivity index is 2.30. The van der Waals surface area contributed by atoms with Crippen molar-refractivity contribution in [3.8, 4) is 22.9 Å². The van der Waals surface area contributed by atoms with Gasteiger partial charge in [-0.15, -0.1) is 0 Å². The van der Waals surface area contributed by atoms with E-state index < -0.39 is 0 Å². The molecular weight excluding hydrogens is 302 g/mol. The molecule has 2 rings (SSSR count). The molecular formula is C19H27N3O2. The maximum absolute atomic E-state index is 10.1. The number of aromatic nitrogens is 3. The highest BCUT2D eigenvalue weighted by molar-refractivity contribution is 5.64. The smallest absolute Gasteiger partial charge is 0.167 e. The summed E-state index contributed by atoms with van der Waals surface area (Å²) in [5.74, 6) is 2.07. The molecule has 5 nitrogen and oxygen atoms in total. The lowest BCUT2D eigenvalue weighted by molar-refractivity contribution is 0.451. The van der Waals surface area contributed by atoms with Gasteiger partial charge in [0.05, 0.1) is 5.56 Å². The number of aryl methyl sites for hydroxylation is 2. The molecule has 0 aliphatic rings. The van der Waals surface area contributed by atoms with E-state index in [2.05, 4.69) is 28.8 Å². The lowest BCUT2D eigenvalue weighted by Crippen LogP contribution is -2.06. The normalized spacial score (nSPS) is 10.9. The van der Waals surface area contributed by atoms with E-state index in [9.17, 15) is 10.2 Å². The summed E-state index contributed by atoms with van der Waals surface area (Å²) < 4.78 is 0. The van der Waals surface area contributed by atoms with E-state index in [1.165, 1.54) is 12.1 Å². The van der Waals surface area contributed by atoms with Crippen LogP contribution in [0.15, 0.2) is 18.2 Å². The number of unbranched alkanes of at least 4 members (excludes halogenated alkanes) is 4. The van der Waals surface area contributed by atoms with Crippen LogP contribution in [-0.2, 0) is 12.8 Å². The molecule has 0 saturated carbocycles. The number of aromatic hydroxyl groups is 2. The lowest BCUT2D eigenvalue weighted by Gasteiger charge is -2.09. The molecule has 0 radical (unpaired) electrons. The van der Waals surface area contributed by atoms with Gasteiger partial charge in [-0.3, -0.25) is 0 Å². The van der Waals surface area contributed by atoms with Gasteiger partial charge >= 0.3 is 0 Å². The number of benzene rings is 1. The van der Waals surface area contributed by atoms with Gasteiger partial charge in [-0.2, -0.15) is 0 Å². The first kappa shape index (κ1) is 18.2. The van der Waals surface area contributed by atoms with Gasteiger partial charge in [0, 0.05) is 18.9 Å². The predicted octanol–water partition coefficient (Wildman–Crippen LogP) is 4.42. The maximum atomic E-state index is 10.1. The number of phenols is 2. The molecule has 0 amide bonds. The molecule has 0 spiro atoms. The van der Waals surface area contributed by atoms with Gasteiger partial charge in [-0.05, 0) is 25.0 Å². The Hall–Kier alpha value is -2.17. The fourth-order valence-corrected chi connectivity index (χ4v) is 2.59. The van der Waals surface area contributed by atoms with Crippen LogP contribution in [0.3, 0.4) is 0 Å². The van der Waals surface area contributed by atoms with Crippen molar-refractivity contribution in [2.45, 2.75) is 65.2 Å². The fourth-order valence-electron chi connectivity index (χ4n) is 2.59. The van der Waals surface area contributed by atoms with E-state index in [1.807, 2.05) is 0 Å². The number of hydrogen-bond acceptors (Lipinski definition) is 5. The summed E-state index contributed by atoms with van der Waals surface area (Å²) in [4.78, 5) is 13.7. The minimum absolute atomic E-state index is 0.0137.